The maximum absolute atomic E-state index is 11.4. The molecule has 1 aromatic rings. The summed E-state index contributed by atoms with van der Waals surface area (Å²) in [6.07, 6.45) is 0.430. The minimum absolute atomic E-state index is 0.0144. The Bertz CT molecular complexity index is 321. The maximum atomic E-state index is 11.4. The molecule has 3 heteroatoms. The number of hydrogen-bond donors (Lipinski definition) is 1. The van der Waals surface area contributed by atoms with Gasteiger partial charge in [-0.1, -0.05) is 29.8 Å². The molecular formula is C11H16N2O. The molecule has 0 saturated heterocycles. The van der Waals surface area contributed by atoms with E-state index in [1.807, 2.05) is 31.2 Å². The number of hydrazine groups is 1. The minimum Gasteiger partial charge on any atom is -0.289 e. The van der Waals surface area contributed by atoms with Crippen molar-refractivity contribution >= 4 is 5.91 Å². The third-order valence-electron chi connectivity index (χ3n) is 1.80. The highest BCUT2D eigenvalue weighted by atomic mass is 16.2. The van der Waals surface area contributed by atoms with E-state index in [-0.39, 0.29) is 5.91 Å². The Labute approximate surface area is 84.7 Å². The SMILES string of the molecule is Cc1cccc(CC(=O)NN(C)C)c1. The highest BCUT2D eigenvalue weighted by Gasteiger charge is 2.03. The lowest BCUT2D eigenvalue weighted by atomic mass is 10.1. The predicted octanol–water partition coefficient (Wildman–Crippen LogP) is 1.13. The van der Waals surface area contributed by atoms with Crippen LogP contribution in [0, 0.1) is 6.92 Å². The van der Waals surface area contributed by atoms with Gasteiger partial charge >= 0.3 is 0 Å². The zero-order valence-corrected chi connectivity index (χ0v) is 8.87. The van der Waals surface area contributed by atoms with Crippen LogP contribution in [0.3, 0.4) is 0 Å². The number of rotatable bonds is 3. The molecule has 14 heavy (non-hydrogen) atoms. The summed E-state index contributed by atoms with van der Waals surface area (Å²) in [6, 6.07) is 7.97. The van der Waals surface area contributed by atoms with E-state index < -0.39 is 0 Å². The second-order valence-electron chi connectivity index (χ2n) is 3.60. The number of benzene rings is 1. The lowest BCUT2D eigenvalue weighted by Gasteiger charge is -2.11. The van der Waals surface area contributed by atoms with Gasteiger partial charge in [0.25, 0.3) is 0 Å². The molecule has 0 unspecified atom stereocenters. The van der Waals surface area contributed by atoms with Crippen LogP contribution in [0.25, 0.3) is 0 Å². The van der Waals surface area contributed by atoms with Crippen LogP contribution in [-0.2, 0) is 11.2 Å². The number of hydrogen-bond acceptors (Lipinski definition) is 2. The Morgan fingerprint density at radius 3 is 2.71 bits per heavy atom. The van der Waals surface area contributed by atoms with Crippen LogP contribution in [0.2, 0.25) is 0 Å². The molecule has 0 saturated carbocycles. The van der Waals surface area contributed by atoms with Gasteiger partial charge in [-0.25, -0.2) is 5.01 Å². The second-order valence-corrected chi connectivity index (χ2v) is 3.60. The smallest absolute Gasteiger partial charge is 0.238 e. The van der Waals surface area contributed by atoms with Crippen molar-refractivity contribution in [3.63, 3.8) is 0 Å². The highest BCUT2D eigenvalue weighted by molar-refractivity contribution is 5.78. The van der Waals surface area contributed by atoms with E-state index in [1.54, 1.807) is 19.1 Å². The quantitative estimate of drug-likeness (QED) is 0.728. The molecule has 0 aliphatic rings. The van der Waals surface area contributed by atoms with E-state index in [1.165, 1.54) is 5.56 Å². The van der Waals surface area contributed by atoms with E-state index >= 15 is 0 Å². The summed E-state index contributed by atoms with van der Waals surface area (Å²) in [5, 5.41) is 1.65. The van der Waals surface area contributed by atoms with Gasteiger partial charge in [-0.2, -0.15) is 0 Å². The molecule has 76 valence electrons. The van der Waals surface area contributed by atoms with Crippen molar-refractivity contribution in [1.82, 2.24) is 10.4 Å². The van der Waals surface area contributed by atoms with E-state index in [0.717, 1.165) is 5.56 Å². The Kier molecular flexibility index (Phi) is 3.65. The van der Waals surface area contributed by atoms with Crippen LogP contribution in [0.1, 0.15) is 11.1 Å². The monoisotopic (exact) mass is 192 g/mol. The third kappa shape index (κ3) is 3.58. The van der Waals surface area contributed by atoms with Gasteiger partial charge in [-0.15, -0.1) is 0 Å². The fraction of sp³-hybridized carbons (Fsp3) is 0.364. The van der Waals surface area contributed by atoms with Gasteiger partial charge in [0, 0.05) is 14.1 Å². The molecule has 0 atom stereocenters. The number of amides is 1. The lowest BCUT2D eigenvalue weighted by Crippen LogP contribution is -2.37. The first kappa shape index (κ1) is 10.7. The summed E-state index contributed by atoms with van der Waals surface area (Å²) >= 11 is 0. The molecule has 0 fully saturated rings. The standard InChI is InChI=1S/C11H16N2O/c1-9-5-4-6-10(7-9)8-11(14)12-13(2)3/h4-7H,8H2,1-3H3,(H,12,14). The molecule has 1 rings (SSSR count). The van der Waals surface area contributed by atoms with Gasteiger partial charge in [0.05, 0.1) is 6.42 Å². The van der Waals surface area contributed by atoms with E-state index in [0.29, 0.717) is 6.42 Å². The molecular weight excluding hydrogens is 176 g/mol. The molecule has 0 heterocycles. The van der Waals surface area contributed by atoms with Gasteiger partial charge in [0.1, 0.15) is 0 Å². The fourth-order valence-corrected chi connectivity index (χ4v) is 1.30. The summed E-state index contributed by atoms with van der Waals surface area (Å²) in [5.74, 6) is 0.0144. The Morgan fingerprint density at radius 2 is 2.14 bits per heavy atom. The van der Waals surface area contributed by atoms with Crippen LogP contribution in [-0.4, -0.2) is 25.0 Å². The summed E-state index contributed by atoms with van der Waals surface area (Å²) in [6.45, 7) is 2.02. The van der Waals surface area contributed by atoms with Crippen molar-refractivity contribution in [1.29, 1.82) is 0 Å². The zero-order valence-electron chi connectivity index (χ0n) is 8.87. The molecule has 1 aromatic carbocycles. The molecule has 1 amide bonds. The van der Waals surface area contributed by atoms with Gasteiger partial charge in [-0.05, 0) is 12.5 Å². The largest absolute Gasteiger partial charge is 0.289 e. The highest BCUT2D eigenvalue weighted by Crippen LogP contribution is 2.04. The normalized spacial score (nSPS) is 10.3. The third-order valence-corrected chi connectivity index (χ3v) is 1.80. The molecule has 0 spiro atoms. The van der Waals surface area contributed by atoms with Crippen molar-refractivity contribution in [3.05, 3.63) is 35.4 Å². The Morgan fingerprint density at radius 1 is 1.43 bits per heavy atom. The average molecular weight is 192 g/mol. The van der Waals surface area contributed by atoms with Crippen LogP contribution in [0.5, 0.6) is 0 Å². The summed E-state index contributed by atoms with van der Waals surface area (Å²) in [7, 11) is 3.60. The second kappa shape index (κ2) is 4.77. The topological polar surface area (TPSA) is 32.3 Å². The first-order valence-electron chi connectivity index (χ1n) is 4.60. The summed E-state index contributed by atoms with van der Waals surface area (Å²) in [4.78, 5) is 11.4. The van der Waals surface area contributed by atoms with Gasteiger partial charge < -0.3 is 0 Å². The Balaban J connectivity index is 2.56. The van der Waals surface area contributed by atoms with Crippen LogP contribution < -0.4 is 5.43 Å². The van der Waals surface area contributed by atoms with E-state index in [9.17, 15) is 4.79 Å². The molecule has 0 radical (unpaired) electrons. The molecule has 1 N–H and O–H groups in total. The number of carbonyl (C=O) groups excluding carboxylic acids is 1. The number of nitrogens with one attached hydrogen (secondary N) is 1. The van der Waals surface area contributed by atoms with Crippen LogP contribution >= 0.6 is 0 Å². The van der Waals surface area contributed by atoms with Crippen molar-refractivity contribution < 1.29 is 4.79 Å². The number of nitrogens with zero attached hydrogens (tertiary/aromatic N) is 1. The number of carbonyl (C=O) groups is 1. The molecule has 0 aromatic heterocycles. The Hall–Kier alpha value is -1.35. The zero-order chi connectivity index (χ0) is 10.6. The van der Waals surface area contributed by atoms with E-state index in [2.05, 4.69) is 5.43 Å². The first-order chi connectivity index (χ1) is 6.58. The molecule has 0 aliphatic carbocycles. The molecule has 3 nitrogen and oxygen atoms in total. The number of aryl methyl sites for hydroxylation is 1. The first-order valence-corrected chi connectivity index (χ1v) is 4.60. The van der Waals surface area contributed by atoms with Gasteiger partial charge in [-0.3, -0.25) is 10.2 Å². The molecule has 0 aliphatic heterocycles. The molecule has 0 bridgehead atoms. The predicted molar refractivity (Wildman–Crippen MR) is 56.7 cm³/mol. The van der Waals surface area contributed by atoms with Crippen molar-refractivity contribution in [3.8, 4) is 0 Å². The van der Waals surface area contributed by atoms with Crippen LogP contribution in [0.15, 0.2) is 24.3 Å². The lowest BCUT2D eigenvalue weighted by molar-refractivity contribution is -0.124. The van der Waals surface area contributed by atoms with Crippen molar-refractivity contribution in [2.45, 2.75) is 13.3 Å². The summed E-state index contributed by atoms with van der Waals surface area (Å²) < 4.78 is 0. The van der Waals surface area contributed by atoms with Crippen molar-refractivity contribution in [2.75, 3.05) is 14.1 Å². The fourth-order valence-electron chi connectivity index (χ4n) is 1.30. The van der Waals surface area contributed by atoms with E-state index in [4.69, 9.17) is 0 Å². The summed E-state index contributed by atoms with van der Waals surface area (Å²) in [5.41, 5.74) is 4.93. The van der Waals surface area contributed by atoms with Gasteiger partial charge in [0.2, 0.25) is 5.91 Å². The average Bonchev–Trinajstić information content (AvgIpc) is 2.01. The minimum atomic E-state index is 0.0144. The van der Waals surface area contributed by atoms with Gasteiger partial charge in [0.15, 0.2) is 0 Å². The van der Waals surface area contributed by atoms with Crippen molar-refractivity contribution in [2.24, 2.45) is 0 Å². The maximum Gasteiger partial charge on any atom is 0.238 e. The van der Waals surface area contributed by atoms with Crippen LogP contribution in [0.4, 0.5) is 0 Å².